The van der Waals surface area contributed by atoms with Crippen LogP contribution in [0.2, 0.25) is 0 Å². The number of alkyl halides is 2. The number of aliphatic hydroxyl groups excluding tert-OH is 1. The van der Waals surface area contributed by atoms with Crippen molar-refractivity contribution in [1.82, 2.24) is 15.0 Å². The maximum atomic E-state index is 14.5. The first-order valence-corrected chi connectivity index (χ1v) is 7.78. The maximum Gasteiger partial charge on any atom is 0.252 e. The lowest BCUT2D eigenvalue weighted by molar-refractivity contribution is -0.0794. The van der Waals surface area contributed by atoms with Gasteiger partial charge in [-0.1, -0.05) is 0 Å². The van der Waals surface area contributed by atoms with E-state index in [1.54, 1.807) is 0 Å². The van der Waals surface area contributed by atoms with Gasteiger partial charge < -0.3 is 15.7 Å². The van der Waals surface area contributed by atoms with Gasteiger partial charge in [0.25, 0.3) is 5.92 Å². The van der Waals surface area contributed by atoms with Gasteiger partial charge in [-0.2, -0.15) is 15.0 Å². The van der Waals surface area contributed by atoms with Crippen LogP contribution >= 0.6 is 0 Å². The van der Waals surface area contributed by atoms with E-state index in [9.17, 15) is 18.3 Å². The Morgan fingerprint density at radius 1 is 1.28 bits per heavy atom. The van der Waals surface area contributed by atoms with Crippen molar-refractivity contribution >= 4 is 17.5 Å². The molecule has 6 nitrogen and oxygen atoms in total. The molecule has 2 aliphatic rings. The molecule has 1 saturated carbocycles. The lowest BCUT2D eigenvalue weighted by Crippen LogP contribution is -2.44. The van der Waals surface area contributed by atoms with Gasteiger partial charge >= 0.3 is 0 Å². The average Bonchev–Trinajstić information content (AvgIpc) is 2.60. The molecule has 1 aromatic rings. The molecule has 3 rings (SSSR count). The van der Waals surface area contributed by atoms with E-state index in [1.807, 2.05) is 5.32 Å². The Labute approximate surface area is 153 Å². The summed E-state index contributed by atoms with van der Waals surface area (Å²) < 4.78 is 94.0. The van der Waals surface area contributed by atoms with Gasteiger partial charge in [0.1, 0.15) is 11.9 Å². The predicted molar refractivity (Wildman–Crippen MR) is 88.1 cm³/mol. The van der Waals surface area contributed by atoms with Crippen LogP contribution in [-0.2, 0) is 0 Å². The quantitative estimate of drug-likeness (QED) is 0.745. The summed E-state index contributed by atoms with van der Waals surface area (Å²) in [5.41, 5.74) is -0.102. The third-order valence-electron chi connectivity index (χ3n) is 4.05. The zero-order valence-corrected chi connectivity index (χ0v) is 13.1. The largest absolute Gasteiger partial charge is 0.386 e. The summed E-state index contributed by atoms with van der Waals surface area (Å²) >= 11 is 0. The molecule has 1 aromatic heterocycles. The molecule has 1 unspecified atom stereocenters. The van der Waals surface area contributed by atoms with Crippen LogP contribution in [-0.4, -0.2) is 44.1 Å². The highest BCUT2D eigenvalue weighted by Gasteiger charge is 2.45. The topological polar surface area (TPSA) is 83.0 Å². The Hall–Kier alpha value is -1.90. The Morgan fingerprint density at radius 3 is 2.68 bits per heavy atom. The Bertz CT molecular complexity index is 887. The minimum Gasteiger partial charge on any atom is -0.386 e. The van der Waals surface area contributed by atoms with E-state index < -0.39 is 62.4 Å². The smallest absolute Gasteiger partial charge is 0.252 e. The molecule has 0 radical (unpaired) electrons. The van der Waals surface area contributed by atoms with Crippen molar-refractivity contribution in [1.29, 1.82) is 0 Å². The second-order valence-electron chi connectivity index (χ2n) is 6.15. The van der Waals surface area contributed by atoms with Crippen molar-refractivity contribution in [2.24, 2.45) is 0 Å². The predicted octanol–water partition coefficient (Wildman–Crippen LogP) is 3.13. The van der Waals surface area contributed by atoms with Gasteiger partial charge in [-0.15, -0.1) is 0 Å². The van der Waals surface area contributed by atoms with Crippen molar-refractivity contribution in [3.63, 3.8) is 0 Å². The van der Waals surface area contributed by atoms with Gasteiger partial charge in [0, 0.05) is 38.7 Å². The van der Waals surface area contributed by atoms with Gasteiger partial charge in [0.2, 0.25) is 11.9 Å². The normalized spacial score (nSPS) is 29.1. The summed E-state index contributed by atoms with van der Waals surface area (Å²) in [6, 6.07) is -3.95. The third-order valence-corrected chi connectivity index (χ3v) is 4.05. The SMILES string of the molecule is [2H]C([2H])([2H])C([2H])(Nc1nc(NC2CC(F)(F)C2)nc(C2=C(F)C(O)CCC2)n1)C([2H])([2H])[2H]. The standard InChI is InChI=1S/C16H22F3N5O/c1-8(2)20-14-22-13(10-4-3-5-11(25)12(10)17)23-15(24-14)21-9-6-16(18,19)7-9/h8-9,11,25H,3-7H2,1-2H3,(H2,20,21,22,23,24)/i1D3,2D3,8D. The van der Waals surface area contributed by atoms with Crippen LogP contribution in [0.3, 0.4) is 0 Å². The monoisotopic (exact) mass is 364 g/mol. The summed E-state index contributed by atoms with van der Waals surface area (Å²) in [5, 5.41) is 14.4. The first kappa shape index (κ1) is 10.9. The first-order chi connectivity index (χ1) is 14.5. The van der Waals surface area contributed by atoms with E-state index in [0.717, 1.165) is 0 Å². The molecule has 2 aliphatic carbocycles. The fourth-order valence-electron chi connectivity index (χ4n) is 2.83. The highest BCUT2D eigenvalue weighted by molar-refractivity contribution is 5.65. The third kappa shape index (κ3) is 4.20. The van der Waals surface area contributed by atoms with Crippen LogP contribution in [0, 0.1) is 0 Å². The lowest BCUT2D eigenvalue weighted by atomic mass is 9.88. The molecular formula is C16H22F3N5O. The molecule has 0 aromatic carbocycles. The highest BCUT2D eigenvalue weighted by atomic mass is 19.3. The van der Waals surface area contributed by atoms with Gasteiger partial charge in [-0.25, -0.2) is 13.2 Å². The molecule has 9 heteroatoms. The van der Waals surface area contributed by atoms with Crippen molar-refractivity contribution in [3.8, 4) is 0 Å². The molecule has 0 spiro atoms. The fraction of sp³-hybridized carbons (Fsp3) is 0.688. The average molecular weight is 364 g/mol. The minimum atomic E-state index is -3.35. The number of halogens is 3. The van der Waals surface area contributed by atoms with Crippen molar-refractivity contribution in [2.45, 2.75) is 69.9 Å². The molecule has 3 N–H and O–H groups in total. The van der Waals surface area contributed by atoms with Crippen molar-refractivity contribution in [3.05, 3.63) is 11.7 Å². The molecule has 1 fully saturated rings. The fourth-order valence-corrected chi connectivity index (χ4v) is 2.83. The molecule has 1 heterocycles. The molecule has 25 heavy (non-hydrogen) atoms. The van der Waals surface area contributed by atoms with E-state index in [0.29, 0.717) is 6.42 Å². The van der Waals surface area contributed by atoms with Crippen LogP contribution in [0.1, 0.15) is 61.2 Å². The molecule has 0 bridgehead atoms. The second kappa shape index (κ2) is 6.78. The molecular weight excluding hydrogens is 335 g/mol. The Balaban J connectivity index is 2.03. The summed E-state index contributed by atoms with van der Waals surface area (Å²) in [6.07, 6.45) is -1.74. The van der Waals surface area contributed by atoms with E-state index in [1.165, 1.54) is 0 Å². The molecule has 0 saturated heterocycles. The minimum absolute atomic E-state index is 0.102. The van der Waals surface area contributed by atoms with Crippen LogP contribution in [0.4, 0.5) is 25.1 Å². The summed E-state index contributed by atoms with van der Waals surface area (Å²) in [5.74, 6) is -5.08. The summed E-state index contributed by atoms with van der Waals surface area (Å²) in [6.45, 7) is -6.69. The lowest BCUT2D eigenvalue weighted by Gasteiger charge is -2.35. The molecule has 0 aliphatic heterocycles. The number of aromatic nitrogens is 3. The van der Waals surface area contributed by atoms with Gasteiger partial charge in [0.15, 0.2) is 5.82 Å². The highest BCUT2D eigenvalue weighted by Crippen LogP contribution is 2.39. The van der Waals surface area contributed by atoms with Crippen LogP contribution in [0.5, 0.6) is 0 Å². The number of aliphatic hydroxyl groups is 1. The van der Waals surface area contributed by atoms with Gasteiger partial charge in [-0.3, -0.25) is 0 Å². The number of nitrogens with zero attached hydrogens (tertiary/aromatic N) is 3. The number of hydrogen-bond donors (Lipinski definition) is 3. The summed E-state index contributed by atoms with van der Waals surface area (Å²) in [4.78, 5) is 11.7. The van der Waals surface area contributed by atoms with E-state index >= 15 is 0 Å². The van der Waals surface area contributed by atoms with E-state index in [4.69, 9.17) is 9.60 Å². The van der Waals surface area contributed by atoms with Crippen LogP contribution < -0.4 is 10.6 Å². The second-order valence-corrected chi connectivity index (χ2v) is 6.15. The maximum absolute atomic E-state index is 14.5. The zero-order chi connectivity index (χ0) is 24.1. The Kier molecular flexibility index (Phi) is 2.97. The number of anilines is 2. The molecule has 1 atom stereocenters. The number of allylic oxidation sites excluding steroid dienone is 1. The van der Waals surface area contributed by atoms with E-state index in [-0.39, 0.29) is 30.2 Å². The number of hydrogen-bond acceptors (Lipinski definition) is 6. The van der Waals surface area contributed by atoms with Gasteiger partial charge in [0.05, 0.1) is 1.37 Å². The van der Waals surface area contributed by atoms with Crippen LogP contribution in [0.25, 0.3) is 5.57 Å². The molecule has 0 amide bonds. The number of rotatable bonds is 5. The summed E-state index contributed by atoms with van der Waals surface area (Å²) in [7, 11) is 0. The van der Waals surface area contributed by atoms with Crippen molar-refractivity contribution < 1.29 is 27.9 Å². The van der Waals surface area contributed by atoms with Crippen LogP contribution in [0.15, 0.2) is 5.83 Å². The Morgan fingerprint density at radius 2 is 2.00 bits per heavy atom. The van der Waals surface area contributed by atoms with Gasteiger partial charge in [-0.05, 0) is 33.0 Å². The zero-order valence-electron chi connectivity index (χ0n) is 20.1. The number of nitrogens with one attached hydrogen (secondary N) is 2. The molecule has 138 valence electrons. The van der Waals surface area contributed by atoms with E-state index in [2.05, 4.69) is 20.3 Å². The van der Waals surface area contributed by atoms with Crippen molar-refractivity contribution in [2.75, 3.05) is 10.6 Å². The first-order valence-electron chi connectivity index (χ1n) is 11.3.